The minimum atomic E-state index is -4.71. The van der Waals surface area contributed by atoms with Crippen LogP contribution in [0.15, 0.2) is 30.5 Å². The molecular formula is C22H21ClF3N3O5. The Morgan fingerprint density at radius 3 is 2.76 bits per heavy atom. The normalized spacial score (nSPS) is 29.2. The van der Waals surface area contributed by atoms with Crippen LogP contribution < -0.4 is 14.8 Å². The molecule has 0 unspecified atom stereocenters. The fraction of sp³-hybridized carbons (Fsp3) is 0.500. The highest BCUT2D eigenvalue weighted by Gasteiger charge is 2.70. The Morgan fingerprint density at radius 2 is 2.03 bits per heavy atom. The van der Waals surface area contributed by atoms with Gasteiger partial charge in [0.1, 0.15) is 12.4 Å². The molecule has 2 atom stereocenters. The van der Waals surface area contributed by atoms with E-state index in [-0.39, 0.29) is 35.9 Å². The second-order valence-electron chi connectivity index (χ2n) is 8.99. The minimum absolute atomic E-state index is 0.0190. The average Bonchev–Trinajstić information content (AvgIpc) is 2.72. The van der Waals surface area contributed by atoms with Gasteiger partial charge in [0.25, 0.3) is 5.91 Å². The summed E-state index contributed by atoms with van der Waals surface area (Å²) in [6, 6.07) is 6.63. The molecule has 3 aliphatic carbocycles. The molecule has 2 N–H and O–H groups in total. The maximum atomic E-state index is 12.9. The van der Waals surface area contributed by atoms with E-state index >= 15 is 0 Å². The molecule has 0 saturated heterocycles. The second kappa shape index (κ2) is 8.24. The highest BCUT2D eigenvalue weighted by atomic mass is 35.5. The van der Waals surface area contributed by atoms with Crippen LogP contribution in [-0.2, 0) is 14.9 Å². The summed E-state index contributed by atoms with van der Waals surface area (Å²) in [5.74, 6) is 0.149. The van der Waals surface area contributed by atoms with Gasteiger partial charge in [0.05, 0.1) is 18.4 Å². The summed E-state index contributed by atoms with van der Waals surface area (Å²) in [5.41, 5.74) is 0.693. The largest absolute Gasteiger partial charge is 0.522 e. The highest BCUT2D eigenvalue weighted by molar-refractivity contribution is 6.30. The summed E-state index contributed by atoms with van der Waals surface area (Å²) in [7, 11) is 0. The van der Waals surface area contributed by atoms with Gasteiger partial charge in [-0.3, -0.25) is 9.53 Å². The van der Waals surface area contributed by atoms with Gasteiger partial charge in [-0.2, -0.15) is 4.98 Å². The van der Waals surface area contributed by atoms with E-state index in [0.29, 0.717) is 35.6 Å². The molecule has 2 bridgehead atoms. The van der Waals surface area contributed by atoms with Crippen molar-refractivity contribution in [2.45, 2.75) is 55.2 Å². The quantitative estimate of drug-likeness (QED) is 0.564. The van der Waals surface area contributed by atoms with Gasteiger partial charge in [0.2, 0.25) is 0 Å². The number of nitrogens with zero attached hydrogens (tertiary/aromatic N) is 2. The Hall–Kier alpha value is -2.63. The fourth-order valence-corrected chi connectivity index (χ4v) is 5.29. The van der Waals surface area contributed by atoms with Crippen molar-refractivity contribution in [3.05, 3.63) is 46.7 Å². The van der Waals surface area contributed by atoms with E-state index in [1.807, 2.05) is 0 Å². The summed E-state index contributed by atoms with van der Waals surface area (Å²) in [4.78, 5) is 21.1. The van der Waals surface area contributed by atoms with Crippen LogP contribution >= 0.6 is 11.6 Å². The molecule has 6 rings (SSSR count). The number of ether oxygens (including phenoxy) is 3. The monoisotopic (exact) mass is 499 g/mol. The van der Waals surface area contributed by atoms with Gasteiger partial charge in [-0.05, 0) is 43.5 Å². The first-order chi connectivity index (χ1) is 16.1. The van der Waals surface area contributed by atoms with Gasteiger partial charge in [0.15, 0.2) is 6.10 Å². The van der Waals surface area contributed by atoms with Gasteiger partial charge in [-0.25, -0.2) is 4.98 Å². The maximum Gasteiger partial charge on any atom is 0.522 e. The first-order valence-corrected chi connectivity index (χ1v) is 11.1. The Bertz CT molecular complexity index is 1100. The Morgan fingerprint density at radius 1 is 1.26 bits per heavy atom. The first-order valence-electron chi connectivity index (χ1n) is 10.7. The van der Waals surface area contributed by atoms with E-state index in [4.69, 9.17) is 21.1 Å². The predicted octanol–water partition coefficient (Wildman–Crippen LogP) is 3.22. The average molecular weight is 500 g/mol. The van der Waals surface area contributed by atoms with Crippen LogP contribution in [0.1, 0.15) is 43.0 Å². The van der Waals surface area contributed by atoms with Crippen LogP contribution in [0.2, 0.25) is 5.02 Å². The third-order valence-corrected chi connectivity index (χ3v) is 6.74. The van der Waals surface area contributed by atoms with Crippen molar-refractivity contribution >= 4 is 17.5 Å². The maximum absolute atomic E-state index is 12.9. The molecule has 1 aromatic heterocycles. The molecule has 3 fully saturated rings. The zero-order valence-electron chi connectivity index (χ0n) is 17.8. The fourth-order valence-electron chi connectivity index (χ4n) is 5.11. The van der Waals surface area contributed by atoms with Crippen molar-refractivity contribution in [3.8, 4) is 11.8 Å². The standard InChI is InChI=1S/C22H21ClF3N3O5/c23-12-1-2-15-13(7-12)14(30)8-16(34-15)18(31)29-21-9-20(10-21,11-21)17-3-4-27-19(28-17)32-5-6-33-22(24,25)26/h1-4,7,14,16,30H,5-6,8-11H2,(H,29,31)/t14-,16-,20?,21?/m1/s1. The SMILES string of the molecule is O=C(NC12CC(c3ccnc(OCCOC(F)(F)F)n3)(C1)C2)[C@H]1C[C@@H](O)c2cc(Cl)ccc2O1. The number of hydrogen-bond donors (Lipinski definition) is 2. The number of hydrogen-bond acceptors (Lipinski definition) is 7. The number of fused-ring (bicyclic) bond motifs is 1. The van der Waals surface area contributed by atoms with Crippen LogP contribution in [0.25, 0.3) is 0 Å². The molecule has 3 saturated carbocycles. The molecule has 8 nitrogen and oxygen atoms in total. The predicted molar refractivity (Wildman–Crippen MR) is 111 cm³/mol. The third kappa shape index (κ3) is 4.39. The second-order valence-corrected chi connectivity index (χ2v) is 9.42. The van der Waals surface area contributed by atoms with E-state index in [9.17, 15) is 23.1 Å². The molecule has 0 spiro atoms. The molecule has 12 heteroatoms. The molecule has 1 amide bonds. The van der Waals surface area contributed by atoms with Crippen LogP contribution in [0.4, 0.5) is 13.2 Å². The van der Waals surface area contributed by atoms with Gasteiger partial charge in [0, 0.05) is 34.2 Å². The lowest BCUT2D eigenvalue weighted by atomic mass is 9.38. The van der Waals surface area contributed by atoms with Crippen molar-refractivity contribution in [2.75, 3.05) is 13.2 Å². The molecule has 182 valence electrons. The number of aliphatic hydroxyl groups excluding tert-OH is 1. The third-order valence-electron chi connectivity index (χ3n) is 6.51. The molecular weight excluding hydrogens is 479 g/mol. The summed E-state index contributed by atoms with van der Waals surface area (Å²) < 4.78 is 50.8. The molecule has 4 aliphatic rings. The number of carbonyl (C=O) groups is 1. The number of benzene rings is 1. The highest BCUT2D eigenvalue weighted by Crippen LogP contribution is 2.67. The van der Waals surface area contributed by atoms with Crippen LogP contribution in [0, 0.1) is 0 Å². The van der Waals surface area contributed by atoms with Gasteiger partial charge in [-0.15, -0.1) is 13.2 Å². The van der Waals surface area contributed by atoms with Crippen LogP contribution in [-0.4, -0.2) is 52.2 Å². The Labute approximate surface area is 197 Å². The first kappa shape index (κ1) is 23.1. The number of aromatic nitrogens is 2. The summed E-state index contributed by atoms with van der Waals surface area (Å²) in [5, 5.41) is 13.9. The molecule has 34 heavy (non-hydrogen) atoms. The number of rotatable bonds is 7. The number of nitrogens with one attached hydrogen (secondary N) is 1. The number of amides is 1. The van der Waals surface area contributed by atoms with E-state index in [1.165, 1.54) is 6.20 Å². The molecule has 0 radical (unpaired) electrons. The van der Waals surface area contributed by atoms with E-state index in [2.05, 4.69) is 20.0 Å². The molecule has 1 aliphatic heterocycles. The van der Waals surface area contributed by atoms with Crippen molar-refractivity contribution in [1.82, 2.24) is 15.3 Å². The Kier molecular flexibility index (Phi) is 5.61. The topological polar surface area (TPSA) is 103 Å². The summed E-state index contributed by atoms with van der Waals surface area (Å²) in [6.07, 6.45) is -2.75. The minimum Gasteiger partial charge on any atom is -0.480 e. The summed E-state index contributed by atoms with van der Waals surface area (Å²) in [6.45, 7) is -0.995. The van der Waals surface area contributed by atoms with Crippen molar-refractivity contribution in [2.24, 2.45) is 0 Å². The number of aliphatic hydroxyl groups is 1. The van der Waals surface area contributed by atoms with Crippen molar-refractivity contribution in [3.63, 3.8) is 0 Å². The lowest BCUT2D eigenvalue weighted by Gasteiger charge is -2.70. The zero-order valence-corrected chi connectivity index (χ0v) is 18.5. The van der Waals surface area contributed by atoms with Crippen molar-refractivity contribution < 1.29 is 37.3 Å². The van der Waals surface area contributed by atoms with Crippen LogP contribution in [0.5, 0.6) is 11.8 Å². The van der Waals surface area contributed by atoms with Gasteiger partial charge in [-0.1, -0.05) is 11.6 Å². The number of alkyl halides is 3. The number of halogens is 4. The van der Waals surface area contributed by atoms with Crippen LogP contribution in [0.3, 0.4) is 0 Å². The smallest absolute Gasteiger partial charge is 0.480 e. The lowest BCUT2D eigenvalue weighted by molar-refractivity contribution is -0.325. The van der Waals surface area contributed by atoms with E-state index < -0.39 is 25.2 Å². The number of carbonyl (C=O) groups excluding carboxylic acids is 1. The van der Waals surface area contributed by atoms with E-state index in [1.54, 1.807) is 24.3 Å². The lowest BCUT2D eigenvalue weighted by Crippen LogP contribution is -2.77. The van der Waals surface area contributed by atoms with Gasteiger partial charge >= 0.3 is 12.4 Å². The molecule has 1 aromatic carbocycles. The zero-order chi connectivity index (χ0) is 24.1. The molecule has 2 aromatic rings. The summed E-state index contributed by atoms with van der Waals surface area (Å²) >= 11 is 5.97. The van der Waals surface area contributed by atoms with Crippen molar-refractivity contribution in [1.29, 1.82) is 0 Å². The Balaban J connectivity index is 1.15. The molecule has 2 heterocycles. The van der Waals surface area contributed by atoms with E-state index in [0.717, 1.165) is 5.69 Å². The van der Waals surface area contributed by atoms with Gasteiger partial charge < -0.3 is 19.9 Å².